The maximum Gasteiger partial charge on any atom is 0.126 e. The van der Waals surface area contributed by atoms with E-state index in [-0.39, 0.29) is 11.9 Å². The summed E-state index contributed by atoms with van der Waals surface area (Å²) in [5.74, 6) is -0.307. The highest BCUT2D eigenvalue weighted by atomic mass is 35.5. The van der Waals surface area contributed by atoms with Crippen molar-refractivity contribution >= 4 is 40.4 Å². The van der Waals surface area contributed by atoms with E-state index in [0.717, 1.165) is 12.1 Å². The second-order valence-electron chi connectivity index (χ2n) is 4.68. The summed E-state index contributed by atoms with van der Waals surface area (Å²) in [7, 11) is 0. The molecule has 5 heteroatoms. The Morgan fingerprint density at radius 1 is 1.37 bits per heavy atom. The van der Waals surface area contributed by atoms with Crippen molar-refractivity contribution in [2.75, 3.05) is 5.32 Å². The van der Waals surface area contributed by atoms with E-state index in [2.05, 4.69) is 23.7 Å². The van der Waals surface area contributed by atoms with Crippen molar-refractivity contribution in [3.63, 3.8) is 0 Å². The summed E-state index contributed by atoms with van der Waals surface area (Å²) in [6.07, 6.45) is 1.03. The third kappa shape index (κ3) is 2.91. The van der Waals surface area contributed by atoms with Crippen LogP contribution in [-0.2, 0) is 0 Å². The maximum atomic E-state index is 13.4. The molecule has 0 bridgehead atoms. The zero-order valence-electron chi connectivity index (χ0n) is 10.3. The summed E-state index contributed by atoms with van der Waals surface area (Å²) in [6.45, 7) is 2.22. The lowest BCUT2D eigenvalue weighted by molar-refractivity contribution is 0.626. The van der Waals surface area contributed by atoms with Gasteiger partial charge in [0.15, 0.2) is 0 Å². The highest BCUT2D eigenvalue weighted by Crippen LogP contribution is 2.45. The van der Waals surface area contributed by atoms with Gasteiger partial charge >= 0.3 is 0 Å². The van der Waals surface area contributed by atoms with Gasteiger partial charge in [-0.15, -0.1) is 23.1 Å². The predicted molar refractivity (Wildman–Crippen MR) is 82.0 cm³/mol. The molecule has 2 atom stereocenters. The van der Waals surface area contributed by atoms with Gasteiger partial charge in [0, 0.05) is 16.0 Å². The van der Waals surface area contributed by atoms with Crippen LogP contribution >= 0.6 is 34.7 Å². The Hall–Kier alpha value is -0.710. The minimum atomic E-state index is -0.307. The molecule has 100 valence electrons. The summed E-state index contributed by atoms with van der Waals surface area (Å²) in [5, 5.41) is 6.50. The van der Waals surface area contributed by atoms with E-state index in [1.807, 2.05) is 11.8 Å². The molecule has 3 rings (SSSR count). The van der Waals surface area contributed by atoms with Crippen molar-refractivity contribution in [1.82, 2.24) is 0 Å². The molecule has 0 aliphatic carbocycles. The Balaban J connectivity index is 1.88. The van der Waals surface area contributed by atoms with Gasteiger partial charge in [-0.25, -0.2) is 4.39 Å². The van der Waals surface area contributed by atoms with E-state index >= 15 is 0 Å². The van der Waals surface area contributed by atoms with Crippen LogP contribution in [0.4, 0.5) is 10.1 Å². The molecular formula is C14H13ClFNS2. The summed E-state index contributed by atoms with van der Waals surface area (Å²) < 4.78 is 14.7. The average Bonchev–Trinajstić information content (AvgIpc) is 2.75. The largest absolute Gasteiger partial charge is 0.378 e. The van der Waals surface area contributed by atoms with Gasteiger partial charge < -0.3 is 5.32 Å². The molecule has 1 aliphatic heterocycles. The van der Waals surface area contributed by atoms with Gasteiger partial charge in [-0.05, 0) is 41.6 Å². The van der Waals surface area contributed by atoms with Crippen molar-refractivity contribution in [3.8, 4) is 0 Å². The Morgan fingerprint density at radius 2 is 2.21 bits per heavy atom. The summed E-state index contributed by atoms with van der Waals surface area (Å²) >= 11 is 9.58. The number of hydrogen-bond acceptors (Lipinski definition) is 3. The van der Waals surface area contributed by atoms with Crippen molar-refractivity contribution in [2.45, 2.75) is 28.8 Å². The smallest absolute Gasteiger partial charge is 0.126 e. The molecule has 1 aliphatic rings. The molecule has 1 N–H and O–H groups in total. The first kappa shape index (κ1) is 13.3. The topological polar surface area (TPSA) is 12.0 Å². The summed E-state index contributed by atoms with van der Waals surface area (Å²) in [4.78, 5) is 0. The molecule has 1 nitrogen and oxygen atoms in total. The molecule has 0 radical (unpaired) electrons. The Labute approximate surface area is 125 Å². The standard InChI is InChI=1S/C14H13ClFNS2/c1-8-4-13(12-2-3-18-14(12)19-8)17-11-6-9(15)5-10(16)7-11/h2-3,5-8,13,17H,4H2,1H3/t8-,13?/m0/s1. The summed E-state index contributed by atoms with van der Waals surface area (Å²) in [5.41, 5.74) is 2.06. The second kappa shape index (κ2) is 5.35. The Kier molecular flexibility index (Phi) is 3.74. The molecule has 2 heterocycles. The van der Waals surface area contributed by atoms with E-state index in [1.54, 1.807) is 17.4 Å². The number of rotatable bonds is 2. The number of thiophene rings is 1. The van der Waals surface area contributed by atoms with Crippen molar-refractivity contribution in [2.24, 2.45) is 0 Å². The van der Waals surface area contributed by atoms with E-state index < -0.39 is 0 Å². The zero-order chi connectivity index (χ0) is 13.4. The Bertz CT molecular complexity index is 579. The van der Waals surface area contributed by atoms with Gasteiger partial charge in [0.2, 0.25) is 0 Å². The number of thioether (sulfide) groups is 1. The summed E-state index contributed by atoms with van der Waals surface area (Å²) in [6, 6.07) is 6.96. The molecule has 19 heavy (non-hydrogen) atoms. The number of nitrogens with one attached hydrogen (secondary N) is 1. The molecule has 0 amide bonds. The highest BCUT2D eigenvalue weighted by molar-refractivity contribution is 8.01. The van der Waals surface area contributed by atoms with E-state index in [4.69, 9.17) is 11.6 Å². The zero-order valence-corrected chi connectivity index (χ0v) is 12.7. The van der Waals surface area contributed by atoms with Crippen LogP contribution in [-0.4, -0.2) is 5.25 Å². The number of halogens is 2. The molecule has 1 unspecified atom stereocenters. The van der Waals surface area contributed by atoms with Gasteiger partial charge in [-0.1, -0.05) is 18.5 Å². The lowest BCUT2D eigenvalue weighted by atomic mass is 10.0. The van der Waals surface area contributed by atoms with Gasteiger partial charge in [0.05, 0.1) is 10.3 Å². The van der Waals surface area contributed by atoms with Gasteiger partial charge in [-0.3, -0.25) is 0 Å². The number of fused-ring (bicyclic) bond motifs is 1. The van der Waals surface area contributed by atoms with Crippen LogP contribution in [0.15, 0.2) is 33.9 Å². The fraction of sp³-hybridized carbons (Fsp3) is 0.286. The first-order chi connectivity index (χ1) is 9.11. The lowest BCUT2D eigenvalue weighted by Crippen LogP contribution is -2.19. The van der Waals surface area contributed by atoms with Crippen molar-refractivity contribution in [1.29, 1.82) is 0 Å². The number of hydrogen-bond donors (Lipinski definition) is 1. The molecule has 0 spiro atoms. The monoisotopic (exact) mass is 313 g/mol. The first-order valence-corrected chi connectivity index (χ1v) is 8.22. The molecule has 1 aromatic carbocycles. The predicted octanol–water partition coefficient (Wildman–Crippen LogP) is 5.58. The molecule has 0 saturated heterocycles. The quantitative estimate of drug-likeness (QED) is 0.777. The minimum absolute atomic E-state index is 0.232. The van der Waals surface area contributed by atoms with Crippen LogP contribution < -0.4 is 5.32 Å². The lowest BCUT2D eigenvalue weighted by Gasteiger charge is -2.28. The second-order valence-corrected chi connectivity index (χ2v) is 7.74. The number of benzene rings is 1. The molecule has 1 aromatic heterocycles. The van der Waals surface area contributed by atoms with Crippen LogP contribution in [0.2, 0.25) is 5.02 Å². The van der Waals surface area contributed by atoms with E-state index in [9.17, 15) is 4.39 Å². The average molecular weight is 314 g/mol. The normalized spacial score (nSPS) is 22.1. The fourth-order valence-corrected chi connectivity index (χ4v) is 5.11. The third-order valence-corrected chi connectivity index (χ3v) is 5.68. The fourth-order valence-electron chi connectivity index (χ4n) is 2.32. The molecular weight excluding hydrogens is 301 g/mol. The molecule has 2 aromatic rings. The maximum absolute atomic E-state index is 13.4. The SMILES string of the molecule is C[C@H]1CC(Nc2cc(F)cc(Cl)c2)c2ccsc2S1. The van der Waals surface area contributed by atoms with Gasteiger partial charge in [0.1, 0.15) is 5.82 Å². The Morgan fingerprint density at radius 3 is 3.00 bits per heavy atom. The van der Waals surface area contributed by atoms with E-state index in [1.165, 1.54) is 21.9 Å². The van der Waals surface area contributed by atoms with Gasteiger partial charge in [0.25, 0.3) is 0 Å². The van der Waals surface area contributed by atoms with Crippen LogP contribution in [0.25, 0.3) is 0 Å². The molecule has 0 saturated carbocycles. The third-order valence-electron chi connectivity index (χ3n) is 3.11. The van der Waals surface area contributed by atoms with Crippen LogP contribution in [0.3, 0.4) is 0 Å². The van der Waals surface area contributed by atoms with Crippen molar-refractivity contribution in [3.05, 3.63) is 46.0 Å². The van der Waals surface area contributed by atoms with Gasteiger partial charge in [-0.2, -0.15) is 0 Å². The first-order valence-electron chi connectivity index (χ1n) is 6.08. The number of anilines is 1. The minimum Gasteiger partial charge on any atom is -0.378 e. The highest BCUT2D eigenvalue weighted by Gasteiger charge is 2.26. The van der Waals surface area contributed by atoms with Crippen molar-refractivity contribution < 1.29 is 4.39 Å². The van der Waals surface area contributed by atoms with Crippen LogP contribution in [0.1, 0.15) is 24.9 Å². The van der Waals surface area contributed by atoms with Crippen LogP contribution in [0.5, 0.6) is 0 Å². The van der Waals surface area contributed by atoms with E-state index in [0.29, 0.717) is 10.3 Å². The molecule has 0 fully saturated rings. The van der Waals surface area contributed by atoms with Crippen LogP contribution in [0, 0.1) is 5.82 Å².